The summed E-state index contributed by atoms with van der Waals surface area (Å²) in [6.45, 7) is 0.115. The van der Waals surface area contributed by atoms with Crippen molar-refractivity contribution >= 4 is 27.6 Å². The van der Waals surface area contributed by atoms with Crippen molar-refractivity contribution in [1.29, 1.82) is 0 Å². The molecule has 168 valence electrons. The largest absolute Gasteiger partial charge is 0.417 e. The maximum Gasteiger partial charge on any atom is 0.417 e. The highest BCUT2D eigenvalue weighted by Crippen LogP contribution is 2.35. The van der Waals surface area contributed by atoms with E-state index in [-0.39, 0.29) is 30.5 Å². The predicted molar refractivity (Wildman–Crippen MR) is 105 cm³/mol. The van der Waals surface area contributed by atoms with Crippen molar-refractivity contribution in [1.82, 2.24) is 10.2 Å². The topological polar surface area (TPSA) is 101 Å². The van der Waals surface area contributed by atoms with Crippen LogP contribution in [0, 0.1) is 0 Å². The van der Waals surface area contributed by atoms with E-state index in [0.717, 1.165) is 12.1 Å². The second-order valence-corrected chi connectivity index (χ2v) is 9.60. The number of carbonyl (C=O) groups excluding carboxylic acids is 3. The van der Waals surface area contributed by atoms with Gasteiger partial charge < -0.3 is 4.90 Å². The maximum absolute atomic E-state index is 13.3. The van der Waals surface area contributed by atoms with Crippen LogP contribution in [0.3, 0.4) is 0 Å². The molecule has 1 N–H and O–H groups in total. The first-order valence-corrected chi connectivity index (χ1v) is 11.3. The molecule has 0 radical (unpaired) electrons. The third-order valence-corrected chi connectivity index (χ3v) is 7.22. The molecule has 11 heteroatoms. The lowest BCUT2D eigenvalue weighted by Crippen LogP contribution is -2.52. The number of hydrogen-bond acceptors (Lipinski definition) is 5. The lowest BCUT2D eigenvalue weighted by Gasteiger charge is -2.29. The van der Waals surface area contributed by atoms with E-state index >= 15 is 0 Å². The lowest BCUT2D eigenvalue weighted by atomic mass is 10.0. The number of halogens is 3. The Morgan fingerprint density at radius 2 is 1.78 bits per heavy atom. The van der Waals surface area contributed by atoms with Crippen molar-refractivity contribution in [2.45, 2.75) is 42.3 Å². The molecule has 1 unspecified atom stereocenters. The molecule has 0 aromatic heterocycles. The van der Waals surface area contributed by atoms with Gasteiger partial charge in [-0.15, -0.1) is 0 Å². The van der Waals surface area contributed by atoms with E-state index in [2.05, 4.69) is 5.32 Å². The van der Waals surface area contributed by atoms with Crippen molar-refractivity contribution < 1.29 is 36.0 Å². The van der Waals surface area contributed by atoms with E-state index in [1.165, 1.54) is 29.2 Å². The summed E-state index contributed by atoms with van der Waals surface area (Å²) in [5.74, 6) is -2.21. The Kier molecular flexibility index (Phi) is 5.32. The third-order valence-electron chi connectivity index (χ3n) is 5.48. The van der Waals surface area contributed by atoms with Gasteiger partial charge in [0.15, 0.2) is 9.84 Å². The zero-order valence-electron chi connectivity index (χ0n) is 16.5. The highest BCUT2D eigenvalue weighted by atomic mass is 32.2. The highest BCUT2D eigenvalue weighted by Gasteiger charge is 2.40. The average molecular weight is 466 g/mol. The van der Waals surface area contributed by atoms with Gasteiger partial charge in [0.2, 0.25) is 11.8 Å². The Morgan fingerprint density at radius 3 is 2.47 bits per heavy atom. The van der Waals surface area contributed by atoms with E-state index in [9.17, 15) is 36.0 Å². The Balaban J connectivity index is 1.60. The van der Waals surface area contributed by atoms with Gasteiger partial charge in [0.05, 0.1) is 16.2 Å². The number of nitrogens with one attached hydrogen (secondary N) is 1. The van der Waals surface area contributed by atoms with Crippen molar-refractivity contribution in [2.24, 2.45) is 0 Å². The van der Waals surface area contributed by atoms with E-state index in [0.29, 0.717) is 11.6 Å². The normalized spacial score (nSPS) is 19.2. The Bertz CT molecular complexity index is 1240. The van der Waals surface area contributed by atoms with Crippen LogP contribution in [-0.2, 0) is 37.9 Å². The van der Waals surface area contributed by atoms with Gasteiger partial charge in [-0.2, -0.15) is 13.2 Å². The second kappa shape index (κ2) is 7.73. The van der Waals surface area contributed by atoms with Crippen LogP contribution in [0.5, 0.6) is 0 Å². The molecule has 2 aliphatic heterocycles. The number of sulfone groups is 1. The molecule has 2 aromatic rings. The standard InChI is InChI=1S/C21H17F3N2O5S/c22-21(23,24)15-3-1-2-4-17(15)32(30,31)11-12-5-6-13-10-26(20(29)14(13)9-12)16-7-8-18(27)25-19(16)28/h1-6,9,16H,7-8,10-11H2,(H,25,27,28). The summed E-state index contributed by atoms with van der Waals surface area (Å²) in [4.78, 5) is 36.8. The minimum Gasteiger partial charge on any atom is -0.322 e. The predicted octanol–water partition coefficient (Wildman–Crippen LogP) is 2.44. The summed E-state index contributed by atoms with van der Waals surface area (Å²) in [7, 11) is -4.36. The van der Waals surface area contributed by atoms with E-state index < -0.39 is 56.0 Å². The quantitative estimate of drug-likeness (QED) is 0.698. The molecule has 1 saturated heterocycles. The van der Waals surface area contributed by atoms with Gasteiger partial charge >= 0.3 is 6.18 Å². The van der Waals surface area contributed by atoms with Crippen LogP contribution in [0.4, 0.5) is 13.2 Å². The van der Waals surface area contributed by atoms with Crippen LogP contribution in [-0.4, -0.2) is 37.1 Å². The highest BCUT2D eigenvalue weighted by molar-refractivity contribution is 7.90. The summed E-state index contributed by atoms with van der Waals surface area (Å²) >= 11 is 0. The van der Waals surface area contributed by atoms with Gasteiger partial charge in [-0.1, -0.05) is 24.3 Å². The molecule has 2 aromatic carbocycles. The first kappa shape index (κ1) is 22.0. The smallest absolute Gasteiger partial charge is 0.322 e. The van der Waals surface area contributed by atoms with Gasteiger partial charge in [-0.3, -0.25) is 19.7 Å². The number of hydrogen-bond donors (Lipinski definition) is 1. The molecule has 2 heterocycles. The fourth-order valence-electron chi connectivity index (χ4n) is 3.96. The van der Waals surface area contributed by atoms with Crippen LogP contribution in [0.1, 0.15) is 39.9 Å². The maximum atomic E-state index is 13.3. The molecule has 0 spiro atoms. The molecular formula is C21H17F3N2O5S. The molecule has 7 nitrogen and oxygen atoms in total. The number of rotatable bonds is 4. The van der Waals surface area contributed by atoms with Gasteiger partial charge in [0, 0.05) is 18.5 Å². The molecule has 32 heavy (non-hydrogen) atoms. The van der Waals surface area contributed by atoms with Crippen molar-refractivity contribution in [3.8, 4) is 0 Å². The van der Waals surface area contributed by atoms with Gasteiger partial charge in [-0.05, 0) is 35.7 Å². The van der Waals surface area contributed by atoms with Crippen LogP contribution in [0.15, 0.2) is 47.4 Å². The lowest BCUT2D eigenvalue weighted by molar-refractivity contribution is -0.140. The number of amides is 3. The van der Waals surface area contributed by atoms with Gasteiger partial charge in [0.25, 0.3) is 5.91 Å². The van der Waals surface area contributed by atoms with Crippen LogP contribution in [0.25, 0.3) is 0 Å². The number of carbonyl (C=O) groups is 3. The number of benzene rings is 2. The molecule has 0 aliphatic carbocycles. The summed E-state index contributed by atoms with van der Waals surface area (Å²) in [5.41, 5.74) is -0.344. The molecule has 1 fully saturated rings. The fourth-order valence-corrected chi connectivity index (χ4v) is 5.54. The molecule has 0 saturated carbocycles. The first-order valence-electron chi connectivity index (χ1n) is 9.63. The van der Waals surface area contributed by atoms with Gasteiger partial charge in [-0.25, -0.2) is 8.42 Å². The molecule has 0 bridgehead atoms. The number of fused-ring (bicyclic) bond motifs is 1. The third kappa shape index (κ3) is 3.99. The summed E-state index contributed by atoms with van der Waals surface area (Å²) < 4.78 is 65.3. The van der Waals surface area contributed by atoms with Crippen LogP contribution < -0.4 is 5.32 Å². The molecule has 3 amide bonds. The number of imide groups is 1. The summed E-state index contributed by atoms with van der Waals surface area (Å²) in [6.07, 6.45) is -4.56. The minimum atomic E-state index is -4.83. The van der Waals surface area contributed by atoms with E-state index in [4.69, 9.17) is 0 Å². The molecule has 1 atom stereocenters. The SMILES string of the molecule is O=C1CCC(N2Cc3ccc(CS(=O)(=O)c4ccccc4C(F)(F)F)cc3C2=O)C(=O)N1. The van der Waals surface area contributed by atoms with E-state index in [1.807, 2.05) is 0 Å². The minimum absolute atomic E-state index is 0.0959. The first-order chi connectivity index (χ1) is 15.0. The molecule has 2 aliphatic rings. The molecule has 4 rings (SSSR count). The average Bonchev–Trinajstić information content (AvgIpc) is 3.03. The van der Waals surface area contributed by atoms with Crippen molar-refractivity contribution in [3.05, 3.63) is 64.7 Å². The zero-order chi connectivity index (χ0) is 23.3. The number of nitrogens with zero attached hydrogens (tertiary/aromatic N) is 1. The Hall–Kier alpha value is -3.21. The van der Waals surface area contributed by atoms with Crippen LogP contribution in [0.2, 0.25) is 0 Å². The second-order valence-electron chi connectivity index (χ2n) is 7.64. The number of alkyl halides is 3. The molecular weight excluding hydrogens is 449 g/mol. The fraction of sp³-hybridized carbons (Fsp3) is 0.286. The van der Waals surface area contributed by atoms with Crippen molar-refractivity contribution in [2.75, 3.05) is 0 Å². The monoisotopic (exact) mass is 466 g/mol. The number of piperidine rings is 1. The summed E-state index contributed by atoms with van der Waals surface area (Å²) in [5, 5.41) is 2.19. The van der Waals surface area contributed by atoms with E-state index in [1.54, 1.807) is 0 Å². The van der Waals surface area contributed by atoms with Crippen molar-refractivity contribution in [3.63, 3.8) is 0 Å². The van der Waals surface area contributed by atoms with Crippen LogP contribution >= 0.6 is 0 Å². The zero-order valence-corrected chi connectivity index (χ0v) is 17.3. The Morgan fingerprint density at radius 1 is 1.06 bits per heavy atom. The van der Waals surface area contributed by atoms with Gasteiger partial charge in [0.1, 0.15) is 6.04 Å². The Labute approximate surface area is 181 Å². The summed E-state index contributed by atoms with van der Waals surface area (Å²) in [6, 6.07) is 7.41.